The highest BCUT2D eigenvalue weighted by molar-refractivity contribution is 5.69. The van der Waals surface area contributed by atoms with Crippen molar-refractivity contribution in [1.29, 1.82) is 0 Å². The molecule has 1 atom stereocenters. The van der Waals surface area contributed by atoms with Crippen molar-refractivity contribution < 1.29 is 9.84 Å². The molecule has 0 heterocycles. The number of anilines is 2. The Hall–Kier alpha value is -2.00. The van der Waals surface area contributed by atoms with E-state index in [2.05, 4.69) is 36.1 Å². The van der Waals surface area contributed by atoms with E-state index in [0.717, 1.165) is 16.9 Å². The predicted octanol–water partition coefficient (Wildman–Crippen LogP) is 3.82. The van der Waals surface area contributed by atoms with Gasteiger partial charge in [0.1, 0.15) is 5.75 Å². The van der Waals surface area contributed by atoms with E-state index in [-0.39, 0.29) is 0 Å². The highest BCUT2D eigenvalue weighted by Crippen LogP contribution is 2.36. The topological polar surface area (TPSA) is 32.7 Å². The van der Waals surface area contributed by atoms with Gasteiger partial charge in [-0.3, -0.25) is 0 Å². The fraction of sp³-hybridized carbons (Fsp3) is 0.294. The van der Waals surface area contributed by atoms with Crippen molar-refractivity contribution in [3.8, 4) is 5.75 Å². The summed E-state index contributed by atoms with van der Waals surface area (Å²) in [7, 11) is 3.61. The average molecular weight is 271 g/mol. The Labute approximate surface area is 120 Å². The SMILES string of the molecule is COc1cccc(N(C)c2ccc(C)cc2)c1[C@@H](C)O. The first-order valence-corrected chi connectivity index (χ1v) is 6.70. The molecule has 2 aromatic carbocycles. The minimum absolute atomic E-state index is 0.589. The van der Waals surface area contributed by atoms with Crippen LogP contribution in [0.4, 0.5) is 11.4 Å². The zero-order valence-corrected chi connectivity index (χ0v) is 12.4. The largest absolute Gasteiger partial charge is 0.496 e. The minimum Gasteiger partial charge on any atom is -0.496 e. The summed E-state index contributed by atoms with van der Waals surface area (Å²) >= 11 is 0. The molecule has 0 aromatic heterocycles. The lowest BCUT2D eigenvalue weighted by Gasteiger charge is -2.25. The number of aliphatic hydroxyl groups is 1. The molecule has 2 rings (SSSR count). The van der Waals surface area contributed by atoms with Crippen LogP contribution in [0.2, 0.25) is 0 Å². The summed E-state index contributed by atoms with van der Waals surface area (Å²) in [4.78, 5) is 2.06. The first-order valence-electron chi connectivity index (χ1n) is 6.70. The van der Waals surface area contributed by atoms with E-state index >= 15 is 0 Å². The quantitative estimate of drug-likeness (QED) is 0.917. The van der Waals surface area contributed by atoms with Crippen LogP contribution in [-0.2, 0) is 0 Å². The van der Waals surface area contributed by atoms with Gasteiger partial charge in [0.05, 0.1) is 18.9 Å². The first-order chi connectivity index (χ1) is 9.54. The molecule has 0 aliphatic rings. The van der Waals surface area contributed by atoms with Crippen molar-refractivity contribution in [2.24, 2.45) is 0 Å². The normalized spacial score (nSPS) is 12.1. The van der Waals surface area contributed by atoms with Gasteiger partial charge in [0.25, 0.3) is 0 Å². The van der Waals surface area contributed by atoms with Gasteiger partial charge in [-0.1, -0.05) is 23.8 Å². The van der Waals surface area contributed by atoms with E-state index in [1.165, 1.54) is 5.56 Å². The number of benzene rings is 2. The summed E-state index contributed by atoms with van der Waals surface area (Å²) in [6.45, 7) is 3.82. The van der Waals surface area contributed by atoms with E-state index in [0.29, 0.717) is 5.75 Å². The zero-order chi connectivity index (χ0) is 14.7. The van der Waals surface area contributed by atoms with Crippen molar-refractivity contribution in [3.63, 3.8) is 0 Å². The van der Waals surface area contributed by atoms with Gasteiger partial charge >= 0.3 is 0 Å². The molecule has 3 heteroatoms. The molecule has 20 heavy (non-hydrogen) atoms. The van der Waals surface area contributed by atoms with Gasteiger partial charge in [0.15, 0.2) is 0 Å². The maximum Gasteiger partial charge on any atom is 0.126 e. The van der Waals surface area contributed by atoms with Crippen LogP contribution in [0.1, 0.15) is 24.2 Å². The van der Waals surface area contributed by atoms with E-state index in [9.17, 15) is 5.11 Å². The summed E-state index contributed by atoms with van der Waals surface area (Å²) in [6.07, 6.45) is -0.589. The Bertz CT molecular complexity index is 576. The van der Waals surface area contributed by atoms with Crippen molar-refractivity contribution in [1.82, 2.24) is 0 Å². The minimum atomic E-state index is -0.589. The highest BCUT2D eigenvalue weighted by atomic mass is 16.5. The molecule has 0 amide bonds. The second kappa shape index (κ2) is 5.97. The van der Waals surface area contributed by atoms with Gasteiger partial charge in [-0.25, -0.2) is 0 Å². The smallest absolute Gasteiger partial charge is 0.126 e. The second-order valence-corrected chi connectivity index (χ2v) is 4.96. The highest BCUT2D eigenvalue weighted by Gasteiger charge is 2.17. The monoisotopic (exact) mass is 271 g/mol. The van der Waals surface area contributed by atoms with E-state index in [1.807, 2.05) is 25.2 Å². The summed E-state index contributed by atoms with van der Waals surface area (Å²) in [5, 5.41) is 10.0. The standard InChI is InChI=1S/C17H21NO2/c1-12-8-10-14(11-9-12)18(3)15-6-5-7-16(20-4)17(15)13(2)19/h5-11,13,19H,1-4H3/t13-/m1/s1. The first kappa shape index (κ1) is 14.4. The van der Waals surface area contributed by atoms with Crippen LogP contribution in [0.25, 0.3) is 0 Å². The van der Waals surface area contributed by atoms with Crippen molar-refractivity contribution in [3.05, 3.63) is 53.6 Å². The number of ether oxygens (including phenoxy) is 1. The Morgan fingerprint density at radius 2 is 1.75 bits per heavy atom. The molecule has 0 bridgehead atoms. The number of aryl methyl sites for hydroxylation is 1. The van der Waals surface area contributed by atoms with Crippen LogP contribution in [0.15, 0.2) is 42.5 Å². The Kier molecular flexibility index (Phi) is 4.30. The Morgan fingerprint density at radius 1 is 1.10 bits per heavy atom. The summed E-state index contributed by atoms with van der Waals surface area (Å²) in [5.41, 5.74) is 4.05. The zero-order valence-electron chi connectivity index (χ0n) is 12.4. The van der Waals surface area contributed by atoms with Crippen LogP contribution < -0.4 is 9.64 Å². The number of hydrogen-bond donors (Lipinski definition) is 1. The van der Waals surface area contributed by atoms with Crippen molar-refractivity contribution in [2.75, 3.05) is 19.1 Å². The molecule has 106 valence electrons. The molecular formula is C17H21NO2. The van der Waals surface area contributed by atoms with Crippen molar-refractivity contribution >= 4 is 11.4 Å². The number of rotatable bonds is 4. The third-order valence-corrected chi connectivity index (χ3v) is 3.46. The Balaban J connectivity index is 2.48. The fourth-order valence-corrected chi connectivity index (χ4v) is 2.33. The molecule has 0 radical (unpaired) electrons. The van der Waals surface area contributed by atoms with E-state index in [4.69, 9.17) is 4.74 Å². The maximum atomic E-state index is 10.0. The van der Waals surface area contributed by atoms with Crippen LogP contribution in [0.5, 0.6) is 5.75 Å². The number of hydrogen-bond acceptors (Lipinski definition) is 3. The van der Waals surface area contributed by atoms with Crippen molar-refractivity contribution in [2.45, 2.75) is 20.0 Å². The lowest BCUT2D eigenvalue weighted by molar-refractivity contribution is 0.195. The van der Waals surface area contributed by atoms with Gasteiger partial charge in [0.2, 0.25) is 0 Å². The van der Waals surface area contributed by atoms with Gasteiger partial charge < -0.3 is 14.7 Å². The molecule has 0 fully saturated rings. The maximum absolute atomic E-state index is 10.0. The average Bonchev–Trinajstić information content (AvgIpc) is 2.46. The van der Waals surface area contributed by atoms with Crippen LogP contribution in [0, 0.1) is 6.92 Å². The number of aliphatic hydroxyl groups excluding tert-OH is 1. The molecule has 0 aliphatic carbocycles. The molecule has 2 aromatic rings. The summed E-state index contributed by atoms with van der Waals surface area (Å²) < 4.78 is 5.37. The predicted molar refractivity (Wildman–Crippen MR) is 82.9 cm³/mol. The van der Waals surface area contributed by atoms with E-state index < -0.39 is 6.10 Å². The van der Waals surface area contributed by atoms with Crippen LogP contribution in [-0.4, -0.2) is 19.3 Å². The Morgan fingerprint density at radius 3 is 2.30 bits per heavy atom. The molecule has 0 spiro atoms. The van der Waals surface area contributed by atoms with E-state index in [1.54, 1.807) is 14.0 Å². The number of methoxy groups -OCH3 is 1. The molecule has 0 aliphatic heterocycles. The van der Waals surface area contributed by atoms with Gasteiger partial charge in [-0.15, -0.1) is 0 Å². The second-order valence-electron chi connectivity index (χ2n) is 4.96. The molecule has 1 N–H and O–H groups in total. The fourth-order valence-electron chi connectivity index (χ4n) is 2.33. The molecule has 0 unspecified atom stereocenters. The lowest BCUT2D eigenvalue weighted by Crippen LogP contribution is -2.13. The molecule has 0 saturated heterocycles. The molecule has 3 nitrogen and oxygen atoms in total. The summed E-state index contributed by atoms with van der Waals surface area (Å²) in [6, 6.07) is 14.1. The molecular weight excluding hydrogens is 250 g/mol. The van der Waals surface area contributed by atoms with Crippen LogP contribution in [0.3, 0.4) is 0 Å². The number of nitrogens with zero attached hydrogens (tertiary/aromatic N) is 1. The summed E-state index contributed by atoms with van der Waals surface area (Å²) in [5.74, 6) is 0.705. The van der Waals surface area contributed by atoms with Crippen LogP contribution >= 0.6 is 0 Å². The van der Waals surface area contributed by atoms with Gasteiger partial charge in [-0.05, 0) is 38.1 Å². The van der Waals surface area contributed by atoms with Gasteiger partial charge in [-0.2, -0.15) is 0 Å². The lowest BCUT2D eigenvalue weighted by atomic mass is 10.1. The van der Waals surface area contributed by atoms with Gasteiger partial charge in [0, 0.05) is 18.3 Å². The third kappa shape index (κ3) is 2.78. The molecule has 0 saturated carbocycles. The third-order valence-electron chi connectivity index (χ3n) is 3.46.